The van der Waals surface area contributed by atoms with Crippen molar-refractivity contribution < 1.29 is 26.5 Å². The molecule has 0 fully saturated rings. The molecule has 1 aromatic heterocycles. The van der Waals surface area contributed by atoms with E-state index in [1.165, 1.54) is 7.11 Å². The van der Waals surface area contributed by atoms with E-state index in [-0.39, 0.29) is 17.6 Å². The van der Waals surface area contributed by atoms with E-state index in [2.05, 4.69) is 6.92 Å². The van der Waals surface area contributed by atoms with E-state index in [1.807, 2.05) is 13.0 Å². The van der Waals surface area contributed by atoms with Crippen molar-refractivity contribution in [3.05, 3.63) is 47.9 Å². The molecule has 1 aromatic carbocycles. The molecule has 30 heavy (non-hydrogen) atoms. The van der Waals surface area contributed by atoms with Crippen LogP contribution in [0.3, 0.4) is 0 Å². The Morgan fingerprint density at radius 3 is 2.50 bits per heavy atom. The minimum absolute atomic E-state index is 0.0590. The molecule has 0 N–H and O–H groups in total. The van der Waals surface area contributed by atoms with Crippen LogP contribution in [0.4, 0.5) is 0 Å². The second-order valence-electron chi connectivity index (χ2n) is 7.29. The first-order chi connectivity index (χ1) is 14.3. The summed E-state index contributed by atoms with van der Waals surface area (Å²) in [6, 6.07) is 8.65. The molecule has 2 aromatic rings. The van der Waals surface area contributed by atoms with Gasteiger partial charge in [-0.05, 0) is 42.7 Å². The lowest BCUT2D eigenvalue weighted by Crippen LogP contribution is -2.35. The van der Waals surface area contributed by atoms with Gasteiger partial charge in [0, 0.05) is 12.5 Å². The third kappa shape index (κ3) is 7.09. The summed E-state index contributed by atoms with van der Waals surface area (Å²) >= 11 is 0. The molecule has 0 aliphatic rings. The Morgan fingerprint density at radius 2 is 1.93 bits per heavy atom. The molecule has 0 aliphatic heterocycles. The molecule has 7 nitrogen and oxygen atoms in total. The van der Waals surface area contributed by atoms with Crippen molar-refractivity contribution in [3.63, 3.8) is 0 Å². The Hall–Kier alpha value is -2.48. The number of benzene rings is 1. The lowest BCUT2D eigenvalue weighted by molar-refractivity contribution is -0.137. The molecule has 1 amide bonds. The van der Waals surface area contributed by atoms with Crippen LogP contribution in [0.15, 0.2) is 41.0 Å². The van der Waals surface area contributed by atoms with Crippen molar-refractivity contribution in [2.24, 2.45) is 5.92 Å². The molecular weight excluding hydrogens is 406 g/mol. The van der Waals surface area contributed by atoms with Crippen molar-refractivity contribution >= 4 is 16.0 Å². The maximum Gasteiger partial charge on any atom is 0.306 e. The minimum atomic E-state index is -3.72. The first-order valence-electron chi connectivity index (χ1n) is 10.1. The van der Waals surface area contributed by atoms with Crippen LogP contribution >= 0.6 is 0 Å². The fourth-order valence-corrected chi connectivity index (χ4v) is 3.74. The molecule has 166 valence electrons. The second kappa shape index (κ2) is 11.1. The highest BCUT2D eigenvalue weighted by atomic mass is 32.2. The first-order valence-corrected chi connectivity index (χ1v) is 12.0. The van der Waals surface area contributed by atoms with Crippen molar-refractivity contribution in [1.82, 2.24) is 4.90 Å². The maximum atomic E-state index is 13.3. The number of rotatable bonds is 12. The van der Waals surface area contributed by atoms with Crippen molar-refractivity contribution in [2.75, 3.05) is 13.4 Å². The van der Waals surface area contributed by atoms with Gasteiger partial charge in [0.25, 0.3) is 0 Å². The van der Waals surface area contributed by atoms with E-state index in [0.717, 1.165) is 37.5 Å². The van der Waals surface area contributed by atoms with Gasteiger partial charge in [-0.2, -0.15) is 8.42 Å². The molecule has 0 saturated heterocycles. The molecule has 1 atom stereocenters. The van der Waals surface area contributed by atoms with Crippen LogP contribution in [0.2, 0.25) is 0 Å². The number of carbonyl (C=O) groups excluding carboxylic acids is 1. The van der Waals surface area contributed by atoms with Gasteiger partial charge in [0.2, 0.25) is 5.91 Å². The van der Waals surface area contributed by atoms with Crippen LogP contribution in [0, 0.1) is 5.92 Å². The van der Waals surface area contributed by atoms with Gasteiger partial charge >= 0.3 is 10.1 Å². The predicted molar refractivity (Wildman–Crippen MR) is 115 cm³/mol. The fourth-order valence-electron chi connectivity index (χ4n) is 3.28. The highest BCUT2D eigenvalue weighted by Gasteiger charge is 2.24. The third-order valence-corrected chi connectivity index (χ3v) is 5.31. The topological polar surface area (TPSA) is 86.0 Å². The Labute approximate surface area is 179 Å². The summed E-state index contributed by atoms with van der Waals surface area (Å²) in [6.07, 6.45) is 6.19. The van der Waals surface area contributed by atoms with Gasteiger partial charge in [-0.25, -0.2) is 0 Å². The molecule has 0 saturated carbocycles. The summed E-state index contributed by atoms with van der Waals surface area (Å²) in [5.74, 6) is 1.09. The van der Waals surface area contributed by atoms with E-state index in [9.17, 15) is 13.2 Å². The second-order valence-corrected chi connectivity index (χ2v) is 8.87. The van der Waals surface area contributed by atoms with E-state index < -0.39 is 10.1 Å². The predicted octanol–water partition coefficient (Wildman–Crippen LogP) is 4.37. The summed E-state index contributed by atoms with van der Waals surface area (Å²) in [7, 11) is -2.27. The fraction of sp³-hybridized carbons (Fsp3) is 0.500. The van der Waals surface area contributed by atoms with E-state index in [0.29, 0.717) is 24.6 Å². The summed E-state index contributed by atoms with van der Waals surface area (Å²) in [5, 5.41) is 0. The standard InChI is InChI=1S/C22H31NO6S/c1-5-7-9-18(6-2)22(24)23(16-19-10-8-13-28-19)15-17-11-12-20(27-3)21(14-17)29-30(4,25)26/h8,10-14,18H,5-7,9,15-16H2,1-4H3. The Bertz CT molecular complexity index is 908. The largest absolute Gasteiger partial charge is 0.493 e. The number of nitrogens with zero attached hydrogens (tertiary/aromatic N) is 1. The average molecular weight is 438 g/mol. The lowest BCUT2D eigenvalue weighted by atomic mass is 9.97. The summed E-state index contributed by atoms with van der Waals surface area (Å²) in [4.78, 5) is 15.0. The molecule has 0 aliphatic carbocycles. The average Bonchev–Trinajstić information content (AvgIpc) is 3.20. The minimum Gasteiger partial charge on any atom is -0.493 e. The highest BCUT2D eigenvalue weighted by Crippen LogP contribution is 2.30. The van der Waals surface area contributed by atoms with Gasteiger partial charge in [0.05, 0.1) is 26.2 Å². The third-order valence-electron chi connectivity index (χ3n) is 4.83. The number of hydrogen-bond acceptors (Lipinski definition) is 6. The molecule has 0 bridgehead atoms. The van der Waals surface area contributed by atoms with Crippen LogP contribution in [0.1, 0.15) is 50.9 Å². The van der Waals surface area contributed by atoms with Gasteiger partial charge in [-0.3, -0.25) is 4.79 Å². The Kier molecular flexibility index (Phi) is 8.77. The van der Waals surface area contributed by atoms with E-state index >= 15 is 0 Å². The van der Waals surface area contributed by atoms with Gasteiger partial charge in [-0.1, -0.05) is 32.8 Å². The molecule has 8 heteroatoms. The van der Waals surface area contributed by atoms with E-state index in [4.69, 9.17) is 13.3 Å². The number of unbranched alkanes of at least 4 members (excludes halogenated alkanes) is 1. The van der Waals surface area contributed by atoms with Crippen LogP contribution in [0.5, 0.6) is 11.5 Å². The quantitative estimate of drug-likeness (QED) is 0.458. The van der Waals surface area contributed by atoms with Crippen LogP contribution in [-0.2, 0) is 28.0 Å². The molecule has 0 spiro atoms. The van der Waals surface area contributed by atoms with Crippen LogP contribution < -0.4 is 8.92 Å². The number of hydrogen-bond donors (Lipinski definition) is 0. The van der Waals surface area contributed by atoms with Crippen molar-refractivity contribution in [2.45, 2.75) is 52.6 Å². The molecule has 0 radical (unpaired) electrons. The summed E-state index contributed by atoms with van der Waals surface area (Å²) in [6.45, 7) is 4.77. The Balaban J connectivity index is 2.30. The Morgan fingerprint density at radius 1 is 1.17 bits per heavy atom. The first kappa shape index (κ1) is 23.8. The zero-order valence-electron chi connectivity index (χ0n) is 18.1. The number of ether oxygens (including phenoxy) is 1. The van der Waals surface area contributed by atoms with Gasteiger partial charge < -0.3 is 18.2 Å². The number of amides is 1. The van der Waals surface area contributed by atoms with Crippen LogP contribution in [-0.4, -0.2) is 32.6 Å². The van der Waals surface area contributed by atoms with Crippen molar-refractivity contribution in [1.29, 1.82) is 0 Å². The number of furan rings is 1. The molecular formula is C22H31NO6S. The molecule has 1 heterocycles. The lowest BCUT2D eigenvalue weighted by Gasteiger charge is -2.27. The van der Waals surface area contributed by atoms with Crippen LogP contribution in [0.25, 0.3) is 0 Å². The zero-order valence-corrected chi connectivity index (χ0v) is 18.9. The SMILES string of the molecule is CCCCC(CC)C(=O)N(Cc1ccc(OC)c(OS(C)(=O)=O)c1)Cc1ccco1. The summed E-state index contributed by atoms with van der Waals surface area (Å²) < 4.78 is 38.9. The molecule has 2 rings (SSSR count). The maximum absolute atomic E-state index is 13.3. The van der Waals surface area contributed by atoms with E-state index in [1.54, 1.807) is 35.4 Å². The monoisotopic (exact) mass is 437 g/mol. The van der Waals surface area contributed by atoms with Crippen molar-refractivity contribution in [3.8, 4) is 11.5 Å². The summed E-state index contributed by atoms with van der Waals surface area (Å²) in [5.41, 5.74) is 0.736. The van der Waals surface area contributed by atoms with Gasteiger partial charge in [-0.15, -0.1) is 0 Å². The normalized spacial score (nSPS) is 12.4. The number of carbonyl (C=O) groups is 1. The number of methoxy groups -OCH3 is 1. The van der Waals surface area contributed by atoms with Gasteiger partial charge in [0.15, 0.2) is 11.5 Å². The zero-order chi connectivity index (χ0) is 22.1. The molecule has 1 unspecified atom stereocenters. The van der Waals surface area contributed by atoms with Gasteiger partial charge in [0.1, 0.15) is 5.76 Å². The highest BCUT2D eigenvalue weighted by molar-refractivity contribution is 7.86. The smallest absolute Gasteiger partial charge is 0.306 e.